The highest BCUT2D eigenvalue weighted by Crippen LogP contribution is 2.41. The van der Waals surface area contributed by atoms with Crippen LogP contribution in [0.15, 0.2) is 28.9 Å². The third-order valence-electron chi connectivity index (χ3n) is 6.90. The van der Waals surface area contributed by atoms with Crippen LogP contribution in [-0.4, -0.2) is 75.9 Å². The van der Waals surface area contributed by atoms with Crippen LogP contribution in [0.4, 0.5) is 19.8 Å². The number of carbonyl (C=O) groups excluding carboxylic acids is 2. The molecule has 4 atom stereocenters. The van der Waals surface area contributed by atoms with Gasteiger partial charge in [0.15, 0.2) is 11.6 Å². The van der Waals surface area contributed by atoms with Gasteiger partial charge in [0, 0.05) is 17.6 Å². The number of hydrogen-bond acceptors (Lipinski definition) is 9. The van der Waals surface area contributed by atoms with Crippen molar-refractivity contribution in [3.63, 3.8) is 0 Å². The molecule has 2 bridgehead atoms. The summed E-state index contributed by atoms with van der Waals surface area (Å²) in [7, 11) is 1.76. The van der Waals surface area contributed by atoms with Crippen molar-refractivity contribution in [2.24, 2.45) is 0 Å². The van der Waals surface area contributed by atoms with E-state index in [0.717, 1.165) is 19.3 Å². The van der Waals surface area contributed by atoms with E-state index < -0.39 is 36.1 Å². The lowest BCUT2D eigenvalue weighted by Gasteiger charge is -2.44. The maximum absolute atomic E-state index is 15.8. The van der Waals surface area contributed by atoms with Gasteiger partial charge >= 0.3 is 12.2 Å². The van der Waals surface area contributed by atoms with Crippen molar-refractivity contribution in [3.05, 3.63) is 28.9 Å². The lowest BCUT2D eigenvalue weighted by atomic mass is 9.94. The van der Waals surface area contributed by atoms with E-state index in [-0.39, 0.29) is 24.2 Å². The summed E-state index contributed by atoms with van der Waals surface area (Å²) in [5.41, 5.74) is -0.187. The number of nitrogens with zero attached hydrogens (tertiary/aromatic N) is 5. The lowest BCUT2D eigenvalue weighted by Crippen LogP contribution is -2.59. The molecule has 212 valence electrons. The number of piperidine rings is 1. The smallest absolute Gasteiger partial charge is 0.444 e. The minimum absolute atomic E-state index is 0.107. The first-order chi connectivity index (χ1) is 18.5. The zero-order valence-corrected chi connectivity index (χ0v) is 24.5. The van der Waals surface area contributed by atoms with Crippen LogP contribution in [0.1, 0.15) is 59.8 Å². The Balaban J connectivity index is 1.47. The van der Waals surface area contributed by atoms with E-state index in [4.69, 9.17) is 14.2 Å². The zero-order chi connectivity index (χ0) is 28.3. The van der Waals surface area contributed by atoms with Crippen molar-refractivity contribution in [1.82, 2.24) is 20.1 Å². The Morgan fingerprint density at radius 2 is 2.00 bits per heavy atom. The molecule has 0 radical (unpaired) electrons. The highest BCUT2D eigenvalue weighted by atomic mass is 79.9. The number of halogens is 2. The zero-order valence-electron chi connectivity index (χ0n) is 22.9. The Hall–Kier alpha value is -3.02. The predicted octanol–water partition coefficient (Wildman–Crippen LogP) is 5.93. The Morgan fingerprint density at radius 3 is 2.67 bits per heavy atom. The molecule has 3 heterocycles. The fraction of sp³-hybridized carbons (Fsp3) is 0.593. The molecule has 1 amide bonds. The second kappa shape index (κ2) is 12.0. The molecule has 39 heavy (non-hydrogen) atoms. The summed E-state index contributed by atoms with van der Waals surface area (Å²) >= 11 is 3.38. The SMILES string of the molecule is CCCCOC(=O)Oc1cc(Br)ccc1-c1ncc(N(C)[C@@H]2C[C@H]3CC[C@@H]([C@@H]2F)N3C(=O)OC(C)(C)C)nn1. The molecule has 0 spiro atoms. The molecule has 12 heteroatoms. The largest absolute Gasteiger partial charge is 0.513 e. The van der Waals surface area contributed by atoms with Crippen molar-refractivity contribution < 1.29 is 28.2 Å². The topological polar surface area (TPSA) is 107 Å². The van der Waals surface area contributed by atoms with E-state index in [2.05, 4.69) is 31.1 Å². The van der Waals surface area contributed by atoms with Gasteiger partial charge in [0.1, 0.15) is 17.5 Å². The van der Waals surface area contributed by atoms with Crippen LogP contribution in [0.2, 0.25) is 0 Å². The van der Waals surface area contributed by atoms with Crippen molar-refractivity contribution in [1.29, 1.82) is 0 Å². The highest BCUT2D eigenvalue weighted by Gasteiger charge is 2.52. The van der Waals surface area contributed by atoms with Gasteiger partial charge in [0.2, 0.25) is 0 Å². The van der Waals surface area contributed by atoms with Gasteiger partial charge in [-0.15, -0.1) is 10.2 Å². The number of amides is 1. The first-order valence-electron chi connectivity index (χ1n) is 13.2. The van der Waals surface area contributed by atoms with Crippen LogP contribution < -0.4 is 9.64 Å². The quantitative estimate of drug-likeness (QED) is 0.215. The number of alkyl halides is 1. The maximum Gasteiger partial charge on any atom is 0.513 e. The molecule has 0 saturated carbocycles. The monoisotopic (exact) mass is 607 g/mol. The summed E-state index contributed by atoms with van der Waals surface area (Å²) in [6.07, 6.45) is 2.35. The Morgan fingerprint density at radius 1 is 1.23 bits per heavy atom. The molecule has 2 aromatic rings. The standard InChI is InChI=1S/C27H35BrFN5O5/c1-6-7-12-37-26(36)38-21-13-16(28)8-10-18(21)24-30-15-22(31-32-24)33(5)20-14-17-9-11-19(23(20)29)34(17)25(35)39-27(2,3)4/h8,10,13,15,17,19-20,23H,6-7,9,11-12,14H2,1-5H3/t17-,19+,20-,23+/m1/s1. The number of benzene rings is 1. The number of ether oxygens (including phenoxy) is 3. The molecule has 2 aliphatic rings. The summed E-state index contributed by atoms with van der Waals surface area (Å²) in [6.45, 7) is 7.68. The molecule has 4 rings (SSSR count). The van der Waals surface area contributed by atoms with Gasteiger partial charge in [0.25, 0.3) is 0 Å². The summed E-state index contributed by atoms with van der Waals surface area (Å²) in [4.78, 5) is 32.6. The second-order valence-corrected chi connectivity index (χ2v) is 11.8. The van der Waals surface area contributed by atoms with Gasteiger partial charge in [0.05, 0.1) is 30.5 Å². The van der Waals surface area contributed by atoms with Crippen molar-refractivity contribution in [3.8, 4) is 17.1 Å². The Labute approximate surface area is 236 Å². The van der Waals surface area contributed by atoms with Crippen LogP contribution in [0.3, 0.4) is 0 Å². The molecule has 2 saturated heterocycles. The minimum atomic E-state index is -1.28. The van der Waals surface area contributed by atoms with E-state index in [0.29, 0.717) is 28.7 Å². The summed E-state index contributed by atoms with van der Waals surface area (Å²) in [6, 6.07) is 3.96. The molecule has 0 N–H and O–H groups in total. The van der Waals surface area contributed by atoms with Gasteiger partial charge in [-0.3, -0.25) is 4.90 Å². The second-order valence-electron chi connectivity index (χ2n) is 10.9. The van der Waals surface area contributed by atoms with E-state index in [9.17, 15) is 9.59 Å². The van der Waals surface area contributed by atoms with Crippen LogP contribution in [0.5, 0.6) is 5.75 Å². The van der Waals surface area contributed by atoms with Gasteiger partial charge in [-0.05, 0) is 64.7 Å². The minimum Gasteiger partial charge on any atom is -0.444 e. The number of rotatable bonds is 7. The fourth-order valence-corrected chi connectivity index (χ4v) is 5.34. The van der Waals surface area contributed by atoms with Crippen molar-refractivity contribution >= 4 is 34.0 Å². The van der Waals surface area contributed by atoms with E-state index in [1.54, 1.807) is 55.8 Å². The molecule has 1 aromatic carbocycles. The normalized spacial score (nSPS) is 22.4. The van der Waals surface area contributed by atoms with E-state index in [1.807, 2.05) is 6.92 Å². The van der Waals surface area contributed by atoms with Gasteiger partial charge in [-0.2, -0.15) is 0 Å². The van der Waals surface area contributed by atoms with E-state index in [1.165, 1.54) is 6.20 Å². The van der Waals surface area contributed by atoms with Gasteiger partial charge < -0.3 is 19.1 Å². The molecule has 10 nitrogen and oxygen atoms in total. The summed E-state index contributed by atoms with van der Waals surface area (Å²) in [5.74, 6) is 0.867. The van der Waals surface area contributed by atoms with Gasteiger partial charge in [-0.25, -0.2) is 19.0 Å². The number of fused-ring (bicyclic) bond motifs is 2. The number of aromatic nitrogens is 3. The van der Waals surface area contributed by atoms with Crippen LogP contribution in [-0.2, 0) is 9.47 Å². The average Bonchev–Trinajstić information content (AvgIpc) is 3.22. The molecular weight excluding hydrogens is 573 g/mol. The maximum atomic E-state index is 15.8. The van der Waals surface area contributed by atoms with Crippen molar-refractivity contribution in [2.75, 3.05) is 18.6 Å². The number of anilines is 1. The van der Waals surface area contributed by atoms with Crippen LogP contribution in [0, 0.1) is 0 Å². The summed E-state index contributed by atoms with van der Waals surface area (Å²) < 4.78 is 32.5. The molecule has 0 unspecified atom stereocenters. The Kier molecular flexibility index (Phi) is 8.93. The first kappa shape index (κ1) is 29.0. The van der Waals surface area contributed by atoms with Crippen LogP contribution >= 0.6 is 15.9 Å². The first-order valence-corrected chi connectivity index (χ1v) is 14.0. The Bertz CT molecular complexity index is 1180. The van der Waals surface area contributed by atoms with Gasteiger partial charge in [-0.1, -0.05) is 29.3 Å². The number of hydrogen-bond donors (Lipinski definition) is 0. The van der Waals surface area contributed by atoms with E-state index >= 15 is 4.39 Å². The third kappa shape index (κ3) is 6.77. The molecule has 1 aromatic heterocycles. The summed E-state index contributed by atoms with van der Waals surface area (Å²) in [5, 5.41) is 8.54. The fourth-order valence-electron chi connectivity index (χ4n) is 5.00. The molecular formula is C27H35BrFN5O5. The van der Waals surface area contributed by atoms with Crippen LogP contribution in [0.25, 0.3) is 11.4 Å². The molecule has 2 aliphatic heterocycles. The predicted molar refractivity (Wildman–Crippen MR) is 146 cm³/mol. The number of carbonyl (C=O) groups is 2. The highest BCUT2D eigenvalue weighted by molar-refractivity contribution is 9.10. The molecule has 2 fully saturated rings. The number of unbranched alkanes of at least 4 members (excludes halogenated alkanes) is 1. The third-order valence-corrected chi connectivity index (χ3v) is 7.40. The average molecular weight is 609 g/mol. The van der Waals surface area contributed by atoms with Crippen molar-refractivity contribution in [2.45, 2.75) is 89.7 Å². The molecule has 0 aliphatic carbocycles. The lowest BCUT2D eigenvalue weighted by molar-refractivity contribution is -0.0104.